The van der Waals surface area contributed by atoms with Gasteiger partial charge in [-0.15, -0.1) is 0 Å². The summed E-state index contributed by atoms with van der Waals surface area (Å²) in [5.41, 5.74) is 5.06. The SMILES string of the molecule is CCCOc1ccc(/C=N/NC(=O)c2cccc(C)c2)cc1. The van der Waals surface area contributed by atoms with E-state index in [1.54, 1.807) is 12.3 Å². The molecular weight excluding hydrogens is 276 g/mol. The average molecular weight is 296 g/mol. The van der Waals surface area contributed by atoms with E-state index in [2.05, 4.69) is 17.5 Å². The first-order valence-corrected chi connectivity index (χ1v) is 7.32. The molecule has 0 saturated heterocycles. The van der Waals surface area contributed by atoms with E-state index in [0.717, 1.165) is 23.3 Å². The zero-order chi connectivity index (χ0) is 15.8. The van der Waals surface area contributed by atoms with Gasteiger partial charge in [0.05, 0.1) is 12.8 Å². The van der Waals surface area contributed by atoms with E-state index in [-0.39, 0.29) is 5.91 Å². The topological polar surface area (TPSA) is 50.7 Å². The van der Waals surface area contributed by atoms with Crippen molar-refractivity contribution < 1.29 is 9.53 Å². The number of carbonyl (C=O) groups excluding carboxylic acids is 1. The Morgan fingerprint density at radius 3 is 2.68 bits per heavy atom. The van der Waals surface area contributed by atoms with Crippen LogP contribution in [0.25, 0.3) is 0 Å². The minimum Gasteiger partial charge on any atom is -0.494 e. The van der Waals surface area contributed by atoms with Gasteiger partial charge in [0.2, 0.25) is 0 Å². The highest BCUT2D eigenvalue weighted by molar-refractivity contribution is 5.95. The molecule has 2 aromatic rings. The van der Waals surface area contributed by atoms with Crippen LogP contribution in [0.3, 0.4) is 0 Å². The summed E-state index contributed by atoms with van der Waals surface area (Å²) in [5, 5.41) is 3.97. The Morgan fingerprint density at radius 2 is 2.00 bits per heavy atom. The Labute approximate surface area is 130 Å². The van der Waals surface area contributed by atoms with Gasteiger partial charge < -0.3 is 4.74 Å². The molecule has 114 valence electrons. The average Bonchev–Trinajstić information content (AvgIpc) is 2.54. The fraction of sp³-hybridized carbons (Fsp3) is 0.222. The predicted octanol–water partition coefficient (Wildman–Crippen LogP) is 3.55. The molecule has 1 amide bonds. The van der Waals surface area contributed by atoms with Gasteiger partial charge in [-0.25, -0.2) is 5.43 Å². The van der Waals surface area contributed by atoms with Gasteiger partial charge in [0, 0.05) is 5.56 Å². The van der Waals surface area contributed by atoms with Crippen molar-refractivity contribution in [1.82, 2.24) is 5.43 Å². The van der Waals surface area contributed by atoms with Crippen LogP contribution >= 0.6 is 0 Å². The van der Waals surface area contributed by atoms with Crippen molar-refractivity contribution in [3.63, 3.8) is 0 Å². The van der Waals surface area contributed by atoms with Crippen LogP contribution in [-0.2, 0) is 0 Å². The van der Waals surface area contributed by atoms with Gasteiger partial charge in [0.15, 0.2) is 0 Å². The largest absolute Gasteiger partial charge is 0.494 e. The summed E-state index contributed by atoms with van der Waals surface area (Å²) >= 11 is 0. The van der Waals surface area contributed by atoms with Gasteiger partial charge in [-0.05, 0) is 55.3 Å². The second-order valence-electron chi connectivity index (χ2n) is 4.99. The number of hydrogen-bond acceptors (Lipinski definition) is 3. The van der Waals surface area contributed by atoms with Gasteiger partial charge in [0.1, 0.15) is 5.75 Å². The van der Waals surface area contributed by atoms with E-state index in [1.807, 2.05) is 49.4 Å². The van der Waals surface area contributed by atoms with Crippen LogP contribution in [-0.4, -0.2) is 18.7 Å². The Bertz CT molecular complexity index is 648. The first-order chi connectivity index (χ1) is 10.7. The third-order valence-corrected chi connectivity index (χ3v) is 3.01. The lowest BCUT2D eigenvalue weighted by atomic mass is 10.1. The van der Waals surface area contributed by atoms with Crippen molar-refractivity contribution in [2.24, 2.45) is 5.10 Å². The molecule has 0 heterocycles. The lowest BCUT2D eigenvalue weighted by Gasteiger charge is -2.04. The second kappa shape index (κ2) is 7.98. The van der Waals surface area contributed by atoms with Crippen molar-refractivity contribution >= 4 is 12.1 Å². The maximum atomic E-state index is 11.9. The number of nitrogens with one attached hydrogen (secondary N) is 1. The van der Waals surface area contributed by atoms with Gasteiger partial charge in [-0.2, -0.15) is 5.10 Å². The third kappa shape index (κ3) is 4.74. The molecule has 0 radical (unpaired) electrons. The highest BCUT2D eigenvalue weighted by Crippen LogP contribution is 2.11. The fourth-order valence-corrected chi connectivity index (χ4v) is 1.89. The summed E-state index contributed by atoms with van der Waals surface area (Å²) in [5.74, 6) is 0.616. The smallest absolute Gasteiger partial charge is 0.271 e. The van der Waals surface area contributed by atoms with Gasteiger partial charge in [-0.1, -0.05) is 24.6 Å². The van der Waals surface area contributed by atoms with E-state index in [4.69, 9.17) is 4.74 Å². The monoisotopic (exact) mass is 296 g/mol. The zero-order valence-electron chi connectivity index (χ0n) is 12.9. The van der Waals surface area contributed by atoms with E-state index in [0.29, 0.717) is 12.2 Å². The van der Waals surface area contributed by atoms with Crippen LogP contribution in [0.15, 0.2) is 53.6 Å². The molecule has 22 heavy (non-hydrogen) atoms. The highest BCUT2D eigenvalue weighted by atomic mass is 16.5. The molecule has 0 aliphatic rings. The van der Waals surface area contributed by atoms with Crippen LogP contribution in [0.1, 0.15) is 34.8 Å². The van der Waals surface area contributed by atoms with Crippen LogP contribution < -0.4 is 10.2 Å². The number of hydrazone groups is 1. The lowest BCUT2D eigenvalue weighted by Crippen LogP contribution is -2.17. The molecule has 2 rings (SSSR count). The van der Waals surface area contributed by atoms with Crippen LogP contribution in [0, 0.1) is 6.92 Å². The van der Waals surface area contributed by atoms with Crippen molar-refractivity contribution in [3.8, 4) is 5.75 Å². The van der Waals surface area contributed by atoms with Crippen LogP contribution in [0.2, 0.25) is 0 Å². The summed E-state index contributed by atoms with van der Waals surface area (Å²) in [6.07, 6.45) is 2.59. The van der Waals surface area contributed by atoms with Crippen LogP contribution in [0.5, 0.6) is 5.75 Å². The molecule has 2 aromatic carbocycles. The minimum absolute atomic E-state index is 0.220. The molecule has 0 aromatic heterocycles. The standard InChI is InChI=1S/C18H20N2O2/c1-3-11-22-17-9-7-15(8-10-17)13-19-20-18(21)16-6-4-5-14(2)12-16/h4-10,12-13H,3,11H2,1-2H3,(H,20,21)/b19-13+. The van der Waals surface area contributed by atoms with Crippen molar-refractivity contribution in [2.45, 2.75) is 20.3 Å². The fourth-order valence-electron chi connectivity index (χ4n) is 1.89. The summed E-state index contributed by atoms with van der Waals surface area (Å²) in [4.78, 5) is 11.9. The molecule has 0 aliphatic heterocycles. The Balaban J connectivity index is 1.90. The molecular formula is C18H20N2O2. The third-order valence-electron chi connectivity index (χ3n) is 3.01. The molecule has 0 aliphatic carbocycles. The Kier molecular flexibility index (Phi) is 5.72. The zero-order valence-corrected chi connectivity index (χ0v) is 12.9. The molecule has 0 atom stereocenters. The molecule has 0 unspecified atom stereocenters. The van der Waals surface area contributed by atoms with E-state index in [9.17, 15) is 4.79 Å². The number of ether oxygens (including phenoxy) is 1. The van der Waals surface area contributed by atoms with E-state index in [1.165, 1.54) is 0 Å². The Hall–Kier alpha value is -2.62. The maximum absolute atomic E-state index is 11.9. The quantitative estimate of drug-likeness (QED) is 0.654. The number of hydrogen-bond donors (Lipinski definition) is 1. The molecule has 4 nitrogen and oxygen atoms in total. The van der Waals surface area contributed by atoms with E-state index >= 15 is 0 Å². The van der Waals surface area contributed by atoms with Crippen molar-refractivity contribution in [1.29, 1.82) is 0 Å². The van der Waals surface area contributed by atoms with Gasteiger partial charge in [-0.3, -0.25) is 4.79 Å². The predicted molar refractivity (Wildman–Crippen MR) is 88.5 cm³/mol. The normalized spacial score (nSPS) is 10.6. The highest BCUT2D eigenvalue weighted by Gasteiger charge is 2.03. The number of amides is 1. The first kappa shape index (κ1) is 15.8. The first-order valence-electron chi connectivity index (χ1n) is 7.32. The summed E-state index contributed by atoms with van der Waals surface area (Å²) < 4.78 is 5.51. The van der Waals surface area contributed by atoms with E-state index < -0.39 is 0 Å². The minimum atomic E-state index is -0.220. The summed E-state index contributed by atoms with van der Waals surface area (Å²) in [6.45, 7) is 4.72. The Morgan fingerprint density at radius 1 is 1.23 bits per heavy atom. The van der Waals surface area contributed by atoms with Crippen molar-refractivity contribution in [3.05, 3.63) is 65.2 Å². The maximum Gasteiger partial charge on any atom is 0.271 e. The summed E-state index contributed by atoms with van der Waals surface area (Å²) in [7, 11) is 0. The number of benzene rings is 2. The number of nitrogens with zero attached hydrogens (tertiary/aromatic N) is 1. The molecule has 0 saturated carbocycles. The van der Waals surface area contributed by atoms with Crippen LogP contribution in [0.4, 0.5) is 0 Å². The van der Waals surface area contributed by atoms with Gasteiger partial charge in [0.25, 0.3) is 5.91 Å². The number of rotatable bonds is 6. The molecule has 0 spiro atoms. The van der Waals surface area contributed by atoms with Gasteiger partial charge >= 0.3 is 0 Å². The molecule has 1 N–H and O–H groups in total. The number of aryl methyl sites for hydroxylation is 1. The molecule has 4 heteroatoms. The second-order valence-corrected chi connectivity index (χ2v) is 4.99. The molecule has 0 fully saturated rings. The van der Waals surface area contributed by atoms with Crippen molar-refractivity contribution in [2.75, 3.05) is 6.61 Å². The summed E-state index contributed by atoms with van der Waals surface area (Å²) in [6, 6.07) is 15.0. The lowest BCUT2D eigenvalue weighted by molar-refractivity contribution is 0.0955. The molecule has 0 bridgehead atoms. The number of carbonyl (C=O) groups is 1.